The maximum atomic E-state index is 3.28. The van der Waals surface area contributed by atoms with Crippen LogP contribution >= 0.6 is 0 Å². The molecular weight excluding hydrogens is 480 g/mol. The summed E-state index contributed by atoms with van der Waals surface area (Å²) in [6, 6.07) is 0. The minimum atomic E-state index is 0.257. The molecule has 214 valence electrons. The lowest BCUT2D eigenvalue weighted by molar-refractivity contribution is 0.377. The second-order valence-electron chi connectivity index (χ2n) is 13.1. The third-order valence-corrected chi connectivity index (χ3v) is 8.17. The number of hydrogen-bond acceptors (Lipinski definition) is 0. The van der Waals surface area contributed by atoms with Crippen LogP contribution in [0.3, 0.4) is 0 Å². The number of allylic oxidation sites excluding steroid dienone is 20. The predicted molar refractivity (Wildman–Crippen MR) is 180 cm³/mol. The van der Waals surface area contributed by atoms with Crippen molar-refractivity contribution in [3.63, 3.8) is 0 Å². The van der Waals surface area contributed by atoms with E-state index in [4.69, 9.17) is 0 Å². The highest BCUT2D eigenvalue weighted by Crippen LogP contribution is 2.41. The molecule has 0 spiro atoms. The van der Waals surface area contributed by atoms with E-state index in [1.165, 1.54) is 65.5 Å². The van der Waals surface area contributed by atoms with Crippen LogP contribution in [0.5, 0.6) is 0 Å². The summed E-state index contributed by atoms with van der Waals surface area (Å²) in [6.07, 6.45) is 33.4. The second-order valence-corrected chi connectivity index (χ2v) is 13.1. The van der Waals surface area contributed by atoms with Gasteiger partial charge < -0.3 is 0 Å². The van der Waals surface area contributed by atoms with E-state index in [1.807, 2.05) is 6.08 Å². The Hall–Kier alpha value is -3.04. The molecular formula is C40H54. The van der Waals surface area contributed by atoms with Crippen LogP contribution in [0.4, 0.5) is 0 Å². The summed E-state index contributed by atoms with van der Waals surface area (Å²) < 4.78 is 0. The summed E-state index contributed by atoms with van der Waals surface area (Å²) >= 11 is 0. The topological polar surface area (TPSA) is 0 Å². The SMILES string of the molecule is CC1=CCCC(C)(C)/C1=C/C=C(C)/C=C/C=C(\C)CC#C/C=C(C)/C=C/C=C(C)/C=C/C1=C(C)CCCC1(C)C. The molecule has 0 nitrogen and oxygen atoms in total. The van der Waals surface area contributed by atoms with E-state index in [0.717, 1.165) is 12.0 Å². The van der Waals surface area contributed by atoms with Crippen molar-refractivity contribution in [3.05, 3.63) is 117 Å². The molecule has 2 aliphatic rings. The average Bonchev–Trinajstić information content (AvgIpc) is 2.85. The first kappa shape index (κ1) is 33.2. The van der Waals surface area contributed by atoms with Gasteiger partial charge in [-0.3, -0.25) is 0 Å². The molecule has 0 amide bonds. The van der Waals surface area contributed by atoms with Gasteiger partial charge in [0.1, 0.15) is 0 Å². The standard InChI is InChI=1S/C40H54/c1-31(19-13-21-33(3)25-27-37-35(5)23-15-29-39(37,7)8)17-11-12-18-32(2)20-14-22-34(4)26-28-38-36(6)24-16-30-40(38,9)10/h13-14,17,19-22,24-28H,15-16,18,23,29-30H2,1-10H3/b19-13+,22-14+,27-25+,31-17+,32-20+,33-21+,34-26+,38-28+. The maximum absolute atomic E-state index is 3.28. The molecule has 40 heavy (non-hydrogen) atoms. The summed E-state index contributed by atoms with van der Waals surface area (Å²) in [7, 11) is 0. The lowest BCUT2D eigenvalue weighted by atomic mass is 9.72. The fourth-order valence-corrected chi connectivity index (χ4v) is 5.51. The smallest absolute Gasteiger partial charge is 0.0303 e. The normalized spacial score (nSPS) is 21.9. The van der Waals surface area contributed by atoms with Crippen LogP contribution in [0.2, 0.25) is 0 Å². The first-order valence-corrected chi connectivity index (χ1v) is 15.1. The fourth-order valence-electron chi connectivity index (χ4n) is 5.51. The molecule has 0 unspecified atom stereocenters. The molecule has 0 saturated heterocycles. The average molecular weight is 535 g/mol. The molecule has 0 aliphatic heterocycles. The lowest BCUT2D eigenvalue weighted by Gasteiger charge is -2.32. The Balaban J connectivity index is 1.88. The van der Waals surface area contributed by atoms with E-state index < -0.39 is 0 Å². The Morgan fingerprint density at radius 2 is 1.50 bits per heavy atom. The molecule has 0 fully saturated rings. The highest BCUT2D eigenvalue weighted by Gasteiger charge is 2.27. The van der Waals surface area contributed by atoms with Gasteiger partial charge in [0.2, 0.25) is 0 Å². The first-order valence-electron chi connectivity index (χ1n) is 15.1. The lowest BCUT2D eigenvalue weighted by Crippen LogP contribution is -2.19. The molecule has 0 bridgehead atoms. The van der Waals surface area contributed by atoms with Crippen molar-refractivity contribution in [2.24, 2.45) is 10.8 Å². The molecule has 0 N–H and O–H groups in total. The maximum Gasteiger partial charge on any atom is 0.0303 e. The summed E-state index contributed by atoms with van der Waals surface area (Å²) in [5, 5.41) is 0. The van der Waals surface area contributed by atoms with E-state index in [0.29, 0.717) is 0 Å². The van der Waals surface area contributed by atoms with E-state index >= 15 is 0 Å². The van der Waals surface area contributed by atoms with Gasteiger partial charge in [-0.25, -0.2) is 0 Å². The zero-order chi connectivity index (χ0) is 29.8. The van der Waals surface area contributed by atoms with Crippen molar-refractivity contribution in [1.29, 1.82) is 0 Å². The summed E-state index contributed by atoms with van der Waals surface area (Å²) in [4.78, 5) is 0. The summed E-state index contributed by atoms with van der Waals surface area (Å²) in [6.45, 7) is 22.5. The first-order chi connectivity index (χ1) is 18.8. The van der Waals surface area contributed by atoms with Gasteiger partial charge in [-0.2, -0.15) is 0 Å². The van der Waals surface area contributed by atoms with Gasteiger partial charge in [0.15, 0.2) is 0 Å². The van der Waals surface area contributed by atoms with Gasteiger partial charge in [0.05, 0.1) is 0 Å². The third kappa shape index (κ3) is 11.2. The predicted octanol–water partition coefficient (Wildman–Crippen LogP) is 12.1. The van der Waals surface area contributed by atoms with Gasteiger partial charge in [-0.15, -0.1) is 0 Å². The van der Waals surface area contributed by atoms with Crippen molar-refractivity contribution in [2.75, 3.05) is 0 Å². The Morgan fingerprint density at radius 1 is 0.825 bits per heavy atom. The van der Waals surface area contributed by atoms with Crippen LogP contribution in [0, 0.1) is 22.7 Å². The van der Waals surface area contributed by atoms with E-state index in [2.05, 4.69) is 148 Å². The molecule has 0 aromatic heterocycles. The molecule has 0 heterocycles. The molecule has 2 rings (SSSR count). The van der Waals surface area contributed by atoms with Crippen LogP contribution in [0.15, 0.2) is 117 Å². The van der Waals surface area contributed by atoms with Crippen LogP contribution in [-0.2, 0) is 0 Å². The minimum absolute atomic E-state index is 0.257. The molecule has 0 heteroatoms. The van der Waals surface area contributed by atoms with Crippen LogP contribution in [-0.4, -0.2) is 0 Å². The van der Waals surface area contributed by atoms with Crippen LogP contribution in [0.1, 0.15) is 108 Å². The van der Waals surface area contributed by atoms with Crippen molar-refractivity contribution >= 4 is 0 Å². The zero-order valence-electron chi connectivity index (χ0n) is 27.2. The molecule has 0 saturated carbocycles. The third-order valence-electron chi connectivity index (χ3n) is 8.17. The van der Waals surface area contributed by atoms with Gasteiger partial charge in [0.25, 0.3) is 0 Å². The molecule has 0 aromatic carbocycles. The van der Waals surface area contributed by atoms with E-state index in [-0.39, 0.29) is 10.8 Å². The minimum Gasteiger partial charge on any atom is -0.0941 e. The molecule has 0 atom stereocenters. The van der Waals surface area contributed by atoms with E-state index in [9.17, 15) is 0 Å². The van der Waals surface area contributed by atoms with Gasteiger partial charge in [-0.05, 0) is 107 Å². The monoisotopic (exact) mass is 534 g/mol. The highest BCUT2D eigenvalue weighted by molar-refractivity contribution is 5.41. The number of hydrogen-bond donors (Lipinski definition) is 0. The van der Waals surface area contributed by atoms with Crippen molar-refractivity contribution in [2.45, 2.75) is 108 Å². The molecule has 0 radical (unpaired) electrons. The van der Waals surface area contributed by atoms with Crippen molar-refractivity contribution in [3.8, 4) is 11.8 Å². The second kappa shape index (κ2) is 15.7. The molecule has 2 aliphatic carbocycles. The van der Waals surface area contributed by atoms with Crippen LogP contribution < -0.4 is 0 Å². The largest absolute Gasteiger partial charge is 0.0941 e. The molecule has 0 aromatic rings. The quantitative estimate of drug-likeness (QED) is 0.214. The summed E-state index contributed by atoms with van der Waals surface area (Å²) in [5.41, 5.74) is 11.4. The Labute approximate surface area is 247 Å². The number of rotatable bonds is 8. The Morgan fingerprint density at radius 3 is 2.20 bits per heavy atom. The van der Waals surface area contributed by atoms with Crippen molar-refractivity contribution < 1.29 is 0 Å². The van der Waals surface area contributed by atoms with Crippen LogP contribution in [0.25, 0.3) is 0 Å². The fraction of sp³-hybridized carbons (Fsp3) is 0.450. The van der Waals surface area contributed by atoms with E-state index in [1.54, 1.807) is 5.57 Å². The van der Waals surface area contributed by atoms with Crippen molar-refractivity contribution in [1.82, 2.24) is 0 Å². The van der Waals surface area contributed by atoms with Gasteiger partial charge in [0, 0.05) is 6.42 Å². The zero-order valence-corrected chi connectivity index (χ0v) is 27.2. The highest BCUT2D eigenvalue weighted by atomic mass is 14.3. The Kier molecular flexibility index (Phi) is 13.0. The van der Waals surface area contributed by atoms with Gasteiger partial charge >= 0.3 is 0 Å². The summed E-state index contributed by atoms with van der Waals surface area (Å²) in [5.74, 6) is 6.49. The Bertz CT molecular complexity index is 1270. The van der Waals surface area contributed by atoms with Gasteiger partial charge in [-0.1, -0.05) is 134 Å².